The van der Waals surface area contributed by atoms with Crippen LogP contribution in [-0.2, 0) is 13.5 Å². The van der Waals surface area contributed by atoms with E-state index in [4.69, 9.17) is 0 Å². The largest absolute Gasteiger partial charge is 0.287 e. The van der Waals surface area contributed by atoms with Gasteiger partial charge in [0.1, 0.15) is 5.69 Å². The molecule has 0 saturated carbocycles. The van der Waals surface area contributed by atoms with Gasteiger partial charge >= 0.3 is 0 Å². The summed E-state index contributed by atoms with van der Waals surface area (Å²) in [4.78, 5) is 16.3. The number of rotatable bonds is 3. The lowest BCUT2D eigenvalue weighted by molar-refractivity contribution is 0.103. The van der Waals surface area contributed by atoms with E-state index < -0.39 is 0 Å². The predicted molar refractivity (Wildman–Crippen MR) is 65.0 cm³/mol. The summed E-state index contributed by atoms with van der Waals surface area (Å²) in [5, 5.41) is 4.27. The number of carbonyl (C=O) groups is 1. The lowest BCUT2D eigenvalue weighted by Gasteiger charge is -2.01. The molecule has 0 atom stereocenters. The van der Waals surface area contributed by atoms with Crippen LogP contribution in [0.5, 0.6) is 0 Å². The Balaban J connectivity index is 2.40. The van der Waals surface area contributed by atoms with Crippen molar-refractivity contribution in [3.63, 3.8) is 0 Å². The highest BCUT2D eigenvalue weighted by Gasteiger charge is 2.15. The molecule has 0 radical (unpaired) electrons. The van der Waals surface area contributed by atoms with E-state index >= 15 is 0 Å². The van der Waals surface area contributed by atoms with Gasteiger partial charge in [-0.3, -0.25) is 14.5 Å². The maximum absolute atomic E-state index is 12.2. The van der Waals surface area contributed by atoms with Gasteiger partial charge in [-0.05, 0) is 31.0 Å². The summed E-state index contributed by atoms with van der Waals surface area (Å²) in [6.07, 6.45) is 4.15. The summed E-state index contributed by atoms with van der Waals surface area (Å²) < 4.78 is 1.63. The normalized spacial score (nSPS) is 10.5. The zero-order valence-electron chi connectivity index (χ0n) is 10.3. The van der Waals surface area contributed by atoms with Gasteiger partial charge in [0.25, 0.3) is 0 Å². The minimum atomic E-state index is -0.0316. The zero-order chi connectivity index (χ0) is 12.4. The molecule has 0 aliphatic carbocycles. The van der Waals surface area contributed by atoms with Crippen molar-refractivity contribution >= 4 is 5.78 Å². The van der Waals surface area contributed by atoms with Crippen molar-refractivity contribution < 1.29 is 4.79 Å². The van der Waals surface area contributed by atoms with E-state index in [1.165, 1.54) is 0 Å². The van der Waals surface area contributed by atoms with Crippen molar-refractivity contribution in [3.05, 3.63) is 47.0 Å². The van der Waals surface area contributed by atoms with E-state index in [9.17, 15) is 4.79 Å². The van der Waals surface area contributed by atoms with Gasteiger partial charge in [0.15, 0.2) is 0 Å². The summed E-state index contributed by atoms with van der Waals surface area (Å²) in [6.45, 7) is 3.94. The van der Waals surface area contributed by atoms with E-state index in [1.54, 1.807) is 24.1 Å². The number of pyridine rings is 1. The van der Waals surface area contributed by atoms with Gasteiger partial charge in [-0.2, -0.15) is 5.10 Å². The van der Waals surface area contributed by atoms with E-state index in [0.29, 0.717) is 11.3 Å². The average molecular weight is 229 g/mol. The van der Waals surface area contributed by atoms with Gasteiger partial charge in [0.2, 0.25) is 5.78 Å². The highest BCUT2D eigenvalue weighted by atomic mass is 16.1. The van der Waals surface area contributed by atoms with Crippen molar-refractivity contribution in [2.24, 2.45) is 7.05 Å². The molecule has 17 heavy (non-hydrogen) atoms. The van der Waals surface area contributed by atoms with Crippen LogP contribution < -0.4 is 0 Å². The number of ketones is 1. The van der Waals surface area contributed by atoms with Crippen molar-refractivity contribution in [2.45, 2.75) is 20.3 Å². The van der Waals surface area contributed by atoms with Crippen LogP contribution in [0.15, 0.2) is 24.5 Å². The van der Waals surface area contributed by atoms with Gasteiger partial charge in [0.05, 0.1) is 5.69 Å². The van der Waals surface area contributed by atoms with Gasteiger partial charge in [-0.1, -0.05) is 6.92 Å². The zero-order valence-corrected chi connectivity index (χ0v) is 10.3. The fourth-order valence-electron chi connectivity index (χ4n) is 1.74. The fraction of sp³-hybridized carbons (Fsp3) is 0.308. The first-order valence-corrected chi connectivity index (χ1v) is 5.61. The first-order valence-electron chi connectivity index (χ1n) is 5.61. The summed E-state index contributed by atoms with van der Waals surface area (Å²) in [7, 11) is 1.79. The van der Waals surface area contributed by atoms with Crippen molar-refractivity contribution in [3.8, 4) is 0 Å². The molecule has 4 heteroatoms. The van der Waals surface area contributed by atoms with E-state index in [0.717, 1.165) is 17.7 Å². The maximum Gasteiger partial charge on any atom is 0.212 e. The van der Waals surface area contributed by atoms with Crippen LogP contribution in [0, 0.1) is 6.92 Å². The van der Waals surface area contributed by atoms with Gasteiger partial charge in [-0.25, -0.2) is 0 Å². The number of hydrogen-bond acceptors (Lipinski definition) is 3. The molecule has 0 saturated heterocycles. The second-order valence-electron chi connectivity index (χ2n) is 4.08. The first kappa shape index (κ1) is 11.5. The molecule has 0 aliphatic rings. The first-order chi connectivity index (χ1) is 8.11. The molecule has 0 fully saturated rings. The Labute approximate surface area is 100 Å². The van der Waals surface area contributed by atoms with Crippen LogP contribution in [0.4, 0.5) is 0 Å². The third-order valence-electron chi connectivity index (χ3n) is 2.66. The monoisotopic (exact) mass is 229 g/mol. The average Bonchev–Trinajstić information content (AvgIpc) is 2.69. The van der Waals surface area contributed by atoms with E-state index in [2.05, 4.69) is 10.1 Å². The molecule has 2 aromatic rings. The molecule has 0 amide bonds. The molecule has 0 unspecified atom stereocenters. The van der Waals surface area contributed by atoms with Gasteiger partial charge in [-0.15, -0.1) is 0 Å². The maximum atomic E-state index is 12.2. The van der Waals surface area contributed by atoms with Crippen LogP contribution in [0.2, 0.25) is 0 Å². The quantitative estimate of drug-likeness (QED) is 0.755. The lowest BCUT2D eigenvalue weighted by atomic mass is 10.1. The second-order valence-corrected chi connectivity index (χ2v) is 4.08. The molecular weight excluding hydrogens is 214 g/mol. The van der Waals surface area contributed by atoms with Crippen molar-refractivity contribution in [1.29, 1.82) is 0 Å². The Morgan fingerprint density at radius 2 is 2.12 bits per heavy atom. The van der Waals surface area contributed by atoms with Gasteiger partial charge < -0.3 is 0 Å². The standard InChI is InChI=1S/C13H15N3O/c1-4-11-6-12(16(3)15-11)13(17)10-5-9(2)7-14-8-10/h5-8H,4H2,1-3H3. The summed E-state index contributed by atoms with van der Waals surface area (Å²) >= 11 is 0. The molecule has 2 rings (SSSR count). The predicted octanol–water partition coefficient (Wildman–Crippen LogP) is 1.92. The Morgan fingerprint density at radius 1 is 1.35 bits per heavy atom. The minimum Gasteiger partial charge on any atom is -0.287 e. The van der Waals surface area contributed by atoms with E-state index in [-0.39, 0.29) is 5.78 Å². The summed E-state index contributed by atoms with van der Waals surface area (Å²) in [6, 6.07) is 3.68. The SMILES string of the molecule is CCc1cc(C(=O)c2cncc(C)c2)n(C)n1. The molecule has 0 aromatic carbocycles. The molecule has 2 heterocycles. The fourth-order valence-corrected chi connectivity index (χ4v) is 1.74. The second kappa shape index (κ2) is 4.49. The van der Waals surface area contributed by atoms with Gasteiger partial charge in [0, 0.05) is 25.0 Å². The number of carbonyl (C=O) groups excluding carboxylic acids is 1. The Hall–Kier alpha value is -1.97. The molecule has 2 aromatic heterocycles. The van der Waals surface area contributed by atoms with Crippen LogP contribution in [0.25, 0.3) is 0 Å². The topological polar surface area (TPSA) is 47.8 Å². The lowest BCUT2D eigenvalue weighted by Crippen LogP contribution is -2.08. The molecule has 0 bridgehead atoms. The van der Waals surface area contributed by atoms with E-state index in [1.807, 2.05) is 26.0 Å². The molecule has 0 N–H and O–H groups in total. The number of nitrogens with zero attached hydrogens (tertiary/aromatic N) is 3. The number of hydrogen-bond donors (Lipinski definition) is 0. The number of aryl methyl sites for hydroxylation is 3. The molecular formula is C13H15N3O. The smallest absolute Gasteiger partial charge is 0.212 e. The molecule has 4 nitrogen and oxygen atoms in total. The Kier molecular flexibility index (Phi) is 3.04. The Bertz CT molecular complexity index is 558. The third-order valence-corrected chi connectivity index (χ3v) is 2.66. The third kappa shape index (κ3) is 2.25. The molecule has 0 spiro atoms. The van der Waals surface area contributed by atoms with Crippen LogP contribution in [0.3, 0.4) is 0 Å². The summed E-state index contributed by atoms with van der Waals surface area (Å²) in [5.74, 6) is -0.0316. The highest BCUT2D eigenvalue weighted by molar-refractivity contribution is 6.07. The Morgan fingerprint density at radius 3 is 2.71 bits per heavy atom. The molecule has 88 valence electrons. The minimum absolute atomic E-state index is 0.0316. The highest BCUT2D eigenvalue weighted by Crippen LogP contribution is 2.11. The van der Waals surface area contributed by atoms with Crippen molar-refractivity contribution in [1.82, 2.24) is 14.8 Å². The summed E-state index contributed by atoms with van der Waals surface area (Å²) in [5.41, 5.74) is 3.12. The molecule has 0 aliphatic heterocycles. The van der Waals surface area contributed by atoms with Crippen LogP contribution in [-0.4, -0.2) is 20.5 Å². The van der Waals surface area contributed by atoms with Crippen LogP contribution in [0.1, 0.15) is 34.2 Å². The van der Waals surface area contributed by atoms with Crippen LogP contribution >= 0.6 is 0 Å². The van der Waals surface area contributed by atoms with Crippen molar-refractivity contribution in [2.75, 3.05) is 0 Å². The number of aromatic nitrogens is 3.